The second-order valence-corrected chi connectivity index (χ2v) is 8.21. The van der Waals surface area contributed by atoms with E-state index in [-0.39, 0.29) is 19.4 Å². The van der Waals surface area contributed by atoms with Gasteiger partial charge in [-0.2, -0.15) is 0 Å². The number of aliphatic hydroxyl groups is 5. The van der Waals surface area contributed by atoms with E-state index >= 15 is 0 Å². The van der Waals surface area contributed by atoms with Crippen LogP contribution in [0.1, 0.15) is 12.8 Å². The van der Waals surface area contributed by atoms with Gasteiger partial charge in [-0.25, -0.2) is 0 Å². The van der Waals surface area contributed by atoms with Crippen molar-refractivity contribution in [1.82, 2.24) is 0 Å². The number of nitrogens with two attached hydrogens (primary N) is 4. The first-order valence-corrected chi connectivity index (χ1v) is 10.1. The summed E-state index contributed by atoms with van der Waals surface area (Å²) in [5.74, 6) is 0. The zero-order valence-corrected chi connectivity index (χ0v) is 16.5. The third kappa shape index (κ3) is 4.78. The fourth-order valence-electron chi connectivity index (χ4n) is 4.14. The summed E-state index contributed by atoms with van der Waals surface area (Å²) in [5, 5.41) is 50.0. The van der Waals surface area contributed by atoms with E-state index in [4.69, 9.17) is 41.9 Å². The van der Waals surface area contributed by atoms with Gasteiger partial charge in [0.1, 0.15) is 30.5 Å². The van der Waals surface area contributed by atoms with Gasteiger partial charge in [0.25, 0.3) is 0 Å². The lowest BCUT2D eigenvalue weighted by Crippen LogP contribution is -2.66. The summed E-state index contributed by atoms with van der Waals surface area (Å²) in [7, 11) is 0. The van der Waals surface area contributed by atoms with Crippen LogP contribution in [0.3, 0.4) is 0 Å². The van der Waals surface area contributed by atoms with Crippen molar-refractivity contribution in [3.05, 3.63) is 0 Å². The van der Waals surface area contributed by atoms with Crippen LogP contribution in [-0.2, 0) is 18.9 Å². The average Bonchev–Trinajstić information content (AvgIpc) is 2.98. The summed E-state index contributed by atoms with van der Waals surface area (Å²) < 4.78 is 22.7. The Hall–Kier alpha value is -0.520. The van der Waals surface area contributed by atoms with E-state index in [9.17, 15) is 25.5 Å². The van der Waals surface area contributed by atoms with Crippen molar-refractivity contribution in [1.29, 1.82) is 0 Å². The van der Waals surface area contributed by atoms with E-state index in [0.29, 0.717) is 0 Å². The van der Waals surface area contributed by atoms with Crippen molar-refractivity contribution >= 4 is 0 Å². The van der Waals surface area contributed by atoms with Crippen LogP contribution in [0.4, 0.5) is 0 Å². The smallest absolute Gasteiger partial charge is 0.187 e. The summed E-state index contributed by atoms with van der Waals surface area (Å²) >= 11 is 0. The van der Waals surface area contributed by atoms with E-state index < -0.39 is 86.1 Å². The van der Waals surface area contributed by atoms with E-state index in [2.05, 4.69) is 0 Å². The molecule has 3 fully saturated rings. The van der Waals surface area contributed by atoms with Gasteiger partial charge in [0, 0.05) is 18.6 Å². The molecule has 176 valence electrons. The Labute approximate surface area is 173 Å². The lowest BCUT2D eigenvalue weighted by atomic mass is 9.84. The highest BCUT2D eigenvalue weighted by molar-refractivity contribution is 5.00. The zero-order chi connectivity index (χ0) is 22.2. The topological polar surface area (TPSA) is 242 Å². The van der Waals surface area contributed by atoms with Crippen LogP contribution in [0.25, 0.3) is 0 Å². The number of aliphatic hydroxyl groups excluding tert-OH is 5. The highest BCUT2D eigenvalue weighted by atomic mass is 16.7. The third-order valence-corrected chi connectivity index (χ3v) is 5.98. The van der Waals surface area contributed by atoms with Gasteiger partial charge in [-0.15, -0.1) is 0 Å². The Morgan fingerprint density at radius 1 is 0.733 bits per heavy atom. The quantitative estimate of drug-likeness (QED) is 0.188. The van der Waals surface area contributed by atoms with E-state index in [1.165, 1.54) is 0 Å². The van der Waals surface area contributed by atoms with Gasteiger partial charge >= 0.3 is 0 Å². The maximum Gasteiger partial charge on any atom is 0.187 e. The van der Waals surface area contributed by atoms with Crippen LogP contribution in [0, 0.1) is 0 Å². The Morgan fingerprint density at radius 3 is 1.97 bits per heavy atom. The number of rotatable bonds is 6. The van der Waals surface area contributed by atoms with Crippen LogP contribution in [-0.4, -0.2) is 118 Å². The van der Waals surface area contributed by atoms with Crippen molar-refractivity contribution in [2.24, 2.45) is 22.9 Å². The van der Waals surface area contributed by atoms with Crippen molar-refractivity contribution < 1.29 is 44.5 Å². The van der Waals surface area contributed by atoms with E-state index in [1.54, 1.807) is 0 Å². The predicted octanol–water partition coefficient (Wildman–Crippen LogP) is -5.62. The molecule has 13 heteroatoms. The summed E-state index contributed by atoms with van der Waals surface area (Å²) in [6.45, 7) is -0.474. The van der Waals surface area contributed by atoms with E-state index in [1.807, 2.05) is 0 Å². The molecule has 13 N–H and O–H groups in total. The van der Waals surface area contributed by atoms with Gasteiger partial charge in [0.15, 0.2) is 12.6 Å². The molecule has 13 nitrogen and oxygen atoms in total. The Morgan fingerprint density at radius 2 is 1.37 bits per heavy atom. The Balaban J connectivity index is 1.75. The van der Waals surface area contributed by atoms with Gasteiger partial charge in [-0.3, -0.25) is 0 Å². The molecule has 0 aromatic rings. The predicted molar refractivity (Wildman–Crippen MR) is 100 cm³/mol. The molecule has 0 aromatic heterocycles. The van der Waals surface area contributed by atoms with E-state index in [0.717, 1.165) is 0 Å². The number of hydrogen-bond acceptors (Lipinski definition) is 13. The first kappa shape index (κ1) is 24.1. The molecule has 30 heavy (non-hydrogen) atoms. The minimum absolute atomic E-state index is 0.0560. The minimum Gasteiger partial charge on any atom is -0.394 e. The monoisotopic (exact) mass is 438 g/mol. The third-order valence-electron chi connectivity index (χ3n) is 5.98. The van der Waals surface area contributed by atoms with Crippen LogP contribution in [0.15, 0.2) is 0 Å². The van der Waals surface area contributed by atoms with Gasteiger partial charge in [0.2, 0.25) is 0 Å². The molecule has 3 aliphatic rings. The van der Waals surface area contributed by atoms with Crippen LogP contribution < -0.4 is 22.9 Å². The molecule has 0 aromatic carbocycles. The molecule has 0 unspecified atom stereocenters. The van der Waals surface area contributed by atoms with Crippen molar-refractivity contribution in [2.75, 3.05) is 13.2 Å². The summed E-state index contributed by atoms with van der Waals surface area (Å²) in [4.78, 5) is 0. The molecule has 0 amide bonds. The first-order chi connectivity index (χ1) is 14.2. The molecular formula is C17H34N4O9. The molecule has 0 bridgehead atoms. The summed E-state index contributed by atoms with van der Waals surface area (Å²) in [6.07, 6.45) is -10.6. The van der Waals surface area contributed by atoms with Crippen LogP contribution >= 0.6 is 0 Å². The van der Waals surface area contributed by atoms with Crippen molar-refractivity contribution in [2.45, 2.75) is 92.4 Å². The molecule has 3 rings (SSSR count). The summed E-state index contributed by atoms with van der Waals surface area (Å²) in [6, 6.07) is -2.09. The highest BCUT2D eigenvalue weighted by Gasteiger charge is 2.51. The number of hydrogen-bond donors (Lipinski definition) is 9. The highest BCUT2D eigenvalue weighted by Crippen LogP contribution is 2.31. The van der Waals surface area contributed by atoms with Gasteiger partial charge in [-0.1, -0.05) is 0 Å². The zero-order valence-electron chi connectivity index (χ0n) is 16.5. The average molecular weight is 438 g/mol. The molecule has 2 aliphatic heterocycles. The van der Waals surface area contributed by atoms with Crippen LogP contribution in [0.5, 0.6) is 0 Å². The lowest BCUT2D eigenvalue weighted by Gasteiger charge is -2.46. The molecule has 0 spiro atoms. The van der Waals surface area contributed by atoms with Crippen molar-refractivity contribution in [3.8, 4) is 0 Å². The molecule has 0 radical (unpaired) electrons. The molecule has 2 heterocycles. The lowest BCUT2D eigenvalue weighted by molar-refractivity contribution is -0.294. The van der Waals surface area contributed by atoms with Gasteiger partial charge in [0.05, 0.1) is 31.0 Å². The van der Waals surface area contributed by atoms with Crippen molar-refractivity contribution in [3.63, 3.8) is 0 Å². The van der Waals surface area contributed by atoms with Gasteiger partial charge < -0.3 is 67.4 Å². The fourth-order valence-corrected chi connectivity index (χ4v) is 4.14. The standard InChI is InChI=1S/C17H34N4O9/c18-3-9-8(23)2-7(21)16(27-9)29-14-6(20)1-5(19)11(24)15(14)30-17-13(26)12(25)10(4-22)28-17/h5-17,22-26H,1-4,18-21H2/t5-,6+,7-,8+,9-,10-,11+,12-,13-,14-,15-,16-,17+/m1/s1. The Bertz CT molecular complexity index is 563. The maximum absolute atomic E-state index is 10.6. The largest absolute Gasteiger partial charge is 0.394 e. The molecule has 1 aliphatic carbocycles. The second kappa shape index (κ2) is 9.95. The molecule has 13 atom stereocenters. The fraction of sp³-hybridized carbons (Fsp3) is 1.00. The molecule has 1 saturated carbocycles. The molecule has 2 saturated heterocycles. The maximum atomic E-state index is 10.6. The normalized spacial score (nSPS) is 52.5. The first-order valence-electron chi connectivity index (χ1n) is 10.1. The van der Waals surface area contributed by atoms with Crippen LogP contribution in [0.2, 0.25) is 0 Å². The minimum atomic E-state index is -1.46. The Kier molecular flexibility index (Phi) is 8.01. The SMILES string of the molecule is NC[C@H]1O[C@H](O[C@H]2[C@H](O[C@@H]3O[C@H](CO)[C@@H](O)[C@H]3O)[C@@H](O)[C@H](N)C[C@@H]2N)[C@H](N)C[C@@H]1O. The molecular weight excluding hydrogens is 404 g/mol. The number of ether oxygens (including phenoxy) is 4. The summed E-state index contributed by atoms with van der Waals surface area (Å²) in [5.41, 5.74) is 23.8. The van der Waals surface area contributed by atoms with Gasteiger partial charge in [-0.05, 0) is 12.8 Å². The second-order valence-electron chi connectivity index (χ2n) is 8.21.